The Morgan fingerprint density at radius 1 is 1.06 bits per heavy atom. The average Bonchev–Trinajstić information content (AvgIpc) is 3.28. The van der Waals surface area contributed by atoms with Crippen molar-refractivity contribution < 1.29 is 14.3 Å². The minimum atomic E-state index is 0.431. The summed E-state index contributed by atoms with van der Waals surface area (Å²) in [6.45, 7) is 13.5. The maximum absolute atomic E-state index is 9.18. The molecule has 33 heavy (non-hydrogen) atoms. The van der Waals surface area contributed by atoms with Gasteiger partial charge >= 0.3 is 0 Å². The summed E-state index contributed by atoms with van der Waals surface area (Å²) in [6.07, 6.45) is 3.64. The number of aryl methyl sites for hydroxylation is 2. The second kappa shape index (κ2) is 16.3. The quantitative estimate of drug-likeness (QED) is 0.294. The van der Waals surface area contributed by atoms with Gasteiger partial charge in [0.15, 0.2) is 0 Å². The molecule has 1 heterocycles. The SMILES string of the molecule is CC.CCC(=Nc1ccccc1CC)c1ccc(COc2[nH]ncc2C)cc1.CCOC=O. The molecule has 0 saturated carbocycles. The zero-order valence-corrected chi connectivity index (χ0v) is 20.7. The number of ether oxygens (including phenoxy) is 2. The number of H-pyrrole nitrogens is 1. The first-order valence-electron chi connectivity index (χ1n) is 11.6. The molecule has 0 aliphatic rings. The highest BCUT2D eigenvalue weighted by Crippen LogP contribution is 2.22. The van der Waals surface area contributed by atoms with Gasteiger partial charge in [0, 0.05) is 11.3 Å². The van der Waals surface area contributed by atoms with Gasteiger partial charge in [-0.2, -0.15) is 5.10 Å². The van der Waals surface area contributed by atoms with E-state index in [1.807, 2.05) is 26.8 Å². The van der Waals surface area contributed by atoms with Crippen molar-refractivity contribution in [2.75, 3.05) is 6.61 Å². The molecule has 0 aliphatic heterocycles. The molecule has 3 aromatic rings. The molecule has 0 spiro atoms. The fourth-order valence-corrected chi connectivity index (χ4v) is 2.91. The van der Waals surface area contributed by atoms with Crippen molar-refractivity contribution in [3.63, 3.8) is 0 Å². The number of aromatic amines is 1. The van der Waals surface area contributed by atoms with Gasteiger partial charge in [-0.15, -0.1) is 0 Å². The maximum Gasteiger partial charge on any atom is 0.293 e. The molecule has 0 bridgehead atoms. The fraction of sp³-hybridized carbons (Fsp3) is 0.370. The Hall–Kier alpha value is -3.41. The molecule has 0 amide bonds. The van der Waals surface area contributed by atoms with Crippen LogP contribution in [0.1, 0.15) is 63.3 Å². The van der Waals surface area contributed by atoms with Crippen LogP contribution in [0, 0.1) is 6.92 Å². The van der Waals surface area contributed by atoms with Gasteiger partial charge in [0.05, 0.1) is 18.5 Å². The van der Waals surface area contributed by atoms with Crippen molar-refractivity contribution in [1.29, 1.82) is 0 Å². The van der Waals surface area contributed by atoms with Crippen molar-refractivity contribution in [3.05, 3.63) is 77.0 Å². The number of carbonyl (C=O) groups excluding carboxylic acids is 1. The predicted molar refractivity (Wildman–Crippen MR) is 135 cm³/mol. The lowest BCUT2D eigenvalue weighted by molar-refractivity contribution is -0.128. The highest BCUT2D eigenvalue weighted by molar-refractivity contribution is 6.02. The Kier molecular flexibility index (Phi) is 13.6. The summed E-state index contributed by atoms with van der Waals surface area (Å²) in [6, 6.07) is 16.8. The highest BCUT2D eigenvalue weighted by atomic mass is 16.5. The lowest BCUT2D eigenvalue weighted by Gasteiger charge is -2.09. The van der Waals surface area contributed by atoms with E-state index in [2.05, 4.69) is 71.2 Å². The standard InChI is InChI=1S/C22H25N3O.C3H6O2.C2H6/c1-4-18-8-6-7-9-21(18)24-20(5-2)19-12-10-17(11-13-19)15-26-22-16(3)14-23-25-22;1-2-5-3-4;1-2/h6-14H,4-5,15H2,1-3H3,(H,23,25);3H,2H2,1H3;1-2H3. The summed E-state index contributed by atoms with van der Waals surface area (Å²) in [5, 5.41) is 6.83. The van der Waals surface area contributed by atoms with Crippen LogP contribution in [0.5, 0.6) is 5.88 Å². The van der Waals surface area contributed by atoms with Crippen molar-refractivity contribution in [2.45, 2.75) is 61.0 Å². The third kappa shape index (κ3) is 9.31. The third-order valence-corrected chi connectivity index (χ3v) is 4.65. The van der Waals surface area contributed by atoms with Crippen LogP contribution in [0.2, 0.25) is 0 Å². The van der Waals surface area contributed by atoms with Gasteiger partial charge in [-0.25, -0.2) is 5.10 Å². The molecular formula is C27H37N3O3. The maximum atomic E-state index is 9.18. The number of para-hydroxylation sites is 1. The molecule has 0 fully saturated rings. The second-order valence-corrected chi connectivity index (χ2v) is 6.81. The lowest BCUT2D eigenvalue weighted by atomic mass is 10.0. The van der Waals surface area contributed by atoms with Crippen molar-refractivity contribution >= 4 is 17.9 Å². The van der Waals surface area contributed by atoms with Crippen LogP contribution in [0.25, 0.3) is 0 Å². The molecule has 3 rings (SSSR count). The van der Waals surface area contributed by atoms with Gasteiger partial charge in [0.25, 0.3) is 6.47 Å². The summed E-state index contributed by atoms with van der Waals surface area (Å²) in [7, 11) is 0. The Labute approximate surface area is 198 Å². The Morgan fingerprint density at radius 3 is 2.27 bits per heavy atom. The number of rotatable bonds is 9. The number of hydrogen-bond donors (Lipinski definition) is 1. The minimum absolute atomic E-state index is 0.431. The van der Waals surface area contributed by atoms with E-state index in [0.29, 0.717) is 19.7 Å². The van der Waals surface area contributed by atoms with Gasteiger partial charge in [-0.05, 0) is 49.4 Å². The molecule has 2 aromatic carbocycles. The van der Waals surface area contributed by atoms with Crippen LogP contribution in [0.4, 0.5) is 5.69 Å². The van der Waals surface area contributed by atoms with Gasteiger partial charge < -0.3 is 9.47 Å². The molecule has 0 radical (unpaired) electrons. The summed E-state index contributed by atoms with van der Waals surface area (Å²) in [5.74, 6) is 0.723. The number of aromatic nitrogens is 2. The van der Waals surface area contributed by atoms with Crippen LogP contribution in [0.3, 0.4) is 0 Å². The summed E-state index contributed by atoms with van der Waals surface area (Å²) >= 11 is 0. The summed E-state index contributed by atoms with van der Waals surface area (Å²) in [4.78, 5) is 14.1. The second-order valence-electron chi connectivity index (χ2n) is 6.81. The fourth-order valence-electron chi connectivity index (χ4n) is 2.91. The number of hydrogen-bond acceptors (Lipinski definition) is 5. The largest absolute Gasteiger partial charge is 0.473 e. The zero-order valence-electron chi connectivity index (χ0n) is 20.7. The van der Waals surface area contributed by atoms with Crippen LogP contribution in [-0.4, -0.2) is 29.0 Å². The Morgan fingerprint density at radius 2 is 1.76 bits per heavy atom. The van der Waals surface area contributed by atoms with E-state index in [4.69, 9.17) is 9.73 Å². The molecule has 0 atom stereocenters. The lowest BCUT2D eigenvalue weighted by Crippen LogP contribution is -2.01. The van der Waals surface area contributed by atoms with E-state index >= 15 is 0 Å². The Balaban J connectivity index is 0.000000689. The Bertz CT molecular complexity index is 963. The predicted octanol–water partition coefficient (Wildman–Crippen LogP) is 6.60. The highest BCUT2D eigenvalue weighted by Gasteiger charge is 2.06. The molecule has 1 aromatic heterocycles. The van der Waals surface area contributed by atoms with E-state index in [-0.39, 0.29) is 0 Å². The zero-order chi connectivity index (χ0) is 24.5. The van der Waals surface area contributed by atoms with Crippen LogP contribution in [-0.2, 0) is 22.6 Å². The number of aliphatic imine (C=N–C) groups is 1. The first kappa shape index (κ1) is 27.6. The molecule has 0 aliphatic carbocycles. The van der Waals surface area contributed by atoms with Crippen molar-refractivity contribution in [2.24, 2.45) is 4.99 Å². The average molecular weight is 452 g/mol. The summed E-state index contributed by atoms with van der Waals surface area (Å²) < 4.78 is 9.92. The third-order valence-electron chi connectivity index (χ3n) is 4.65. The number of carbonyl (C=O) groups is 1. The first-order chi connectivity index (χ1) is 16.1. The molecule has 0 unspecified atom stereocenters. The first-order valence-corrected chi connectivity index (χ1v) is 11.6. The van der Waals surface area contributed by atoms with Crippen LogP contribution < -0.4 is 4.74 Å². The van der Waals surface area contributed by atoms with Crippen LogP contribution in [0.15, 0.2) is 59.7 Å². The smallest absolute Gasteiger partial charge is 0.293 e. The molecule has 1 N–H and O–H groups in total. The molecule has 0 saturated heterocycles. The molecular weight excluding hydrogens is 414 g/mol. The van der Waals surface area contributed by atoms with Crippen molar-refractivity contribution in [1.82, 2.24) is 10.2 Å². The van der Waals surface area contributed by atoms with Gasteiger partial charge in [0.2, 0.25) is 5.88 Å². The number of benzene rings is 2. The van der Waals surface area contributed by atoms with Crippen molar-refractivity contribution in [3.8, 4) is 5.88 Å². The van der Waals surface area contributed by atoms with E-state index < -0.39 is 0 Å². The minimum Gasteiger partial charge on any atom is -0.473 e. The monoisotopic (exact) mass is 451 g/mol. The van der Waals surface area contributed by atoms with E-state index in [1.54, 1.807) is 13.1 Å². The van der Waals surface area contributed by atoms with Crippen LogP contribution >= 0.6 is 0 Å². The van der Waals surface area contributed by atoms with Gasteiger partial charge in [-0.1, -0.05) is 70.2 Å². The summed E-state index contributed by atoms with van der Waals surface area (Å²) in [5.41, 5.74) is 6.72. The van der Waals surface area contributed by atoms with E-state index in [9.17, 15) is 4.79 Å². The number of nitrogens with zero attached hydrogens (tertiary/aromatic N) is 2. The normalized spacial score (nSPS) is 10.3. The topological polar surface area (TPSA) is 76.6 Å². The van der Waals surface area contributed by atoms with Gasteiger partial charge in [0.1, 0.15) is 6.61 Å². The van der Waals surface area contributed by atoms with E-state index in [0.717, 1.165) is 46.8 Å². The van der Waals surface area contributed by atoms with Gasteiger partial charge in [-0.3, -0.25) is 9.79 Å². The molecule has 6 nitrogen and oxygen atoms in total. The molecule has 178 valence electrons. The molecule has 6 heteroatoms. The number of nitrogens with one attached hydrogen (secondary N) is 1. The van der Waals surface area contributed by atoms with E-state index in [1.165, 1.54) is 5.56 Å².